The number of aliphatic hydroxyl groups is 1. The molecule has 0 aliphatic carbocycles. The Labute approximate surface area is 178 Å². The van der Waals surface area contributed by atoms with Gasteiger partial charge < -0.3 is 24.7 Å². The van der Waals surface area contributed by atoms with E-state index >= 15 is 0 Å². The van der Waals surface area contributed by atoms with E-state index in [-0.39, 0.29) is 43.0 Å². The molecule has 3 atom stereocenters. The number of aryl methyl sites for hydroxylation is 1. The van der Waals surface area contributed by atoms with E-state index in [9.17, 15) is 9.18 Å². The number of oxime groups is 1. The van der Waals surface area contributed by atoms with Crippen LogP contribution in [0.4, 0.5) is 4.39 Å². The third-order valence-electron chi connectivity index (χ3n) is 5.01. The Balaban J connectivity index is 1.39. The van der Waals surface area contributed by atoms with Crippen molar-refractivity contribution in [3.63, 3.8) is 0 Å². The van der Waals surface area contributed by atoms with Gasteiger partial charge in [-0.05, 0) is 30.7 Å². The largest absolute Gasteiger partial charge is 0.394 e. The van der Waals surface area contributed by atoms with E-state index in [1.807, 2.05) is 0 Å². The van der Waals surface area contributed by atoms with Crippen LogP contribution in [0.1, 0.15) is 34.0 Å². The zero-order valence-corrected chi connectivity index (χ0v) is 17.0. The van der Waals surface area contributed by atoms with Gasteiger partial charge in [-0.25, -0.2) is 14.4 Å². The molecule has 1 amide bonds. The number of carbonyl (C=O) groups excluding carboxylic acids is 1. The normalized spacial score (nSPS) is 23.2. The molecular weight excluding hydrogens is 407 g/mol. The van der Waals surface area contributed by atoms with Crippen molar-refractivity contribution in [3.8, 4) is 0 Å². The van der Waals surface area contributed by atoms with Crippen LogP contribution < -0.4 is 5.32 Å². The lowest BCUT2D eigenvalue weighted by Gasteiger charge is -2.30. The van der Waals surface area contributed by atoms with E-state index in [0.717, 1.165) is 0 Å². The van der Waals surface area contributed by atoms with E-state index in [2.05, 4.69) is 20.4 Å². The fourth-order valence-electron chi connectivity index (χ4n) is 3.38. The average Bonchev–Trinajstić information content (AvgIpc) is 3.27. The van der Waals surface area contributed by atoms with Crippen molar-refractivity contribution in [3.05, 3.63) is 58.9 Å². The van der Waals surface area contributed by atoms with Crippen LogP contribution in [0.3, 0.4) is 0 Å². The third-order valence-corrected chi connectivity index (χ3v) is 5.01. The fraction of sp³-hybridized carbons (Fsp3) is 0.429. The maximum absolute atomic E-state index is 13.3. The number of hydrogen-bond acceptors (Lipinski definition) is 8. The number of halogens is 1. The summed E-state index contributed by atoms with van der Waals surface area (Å²) in [5.74, 6) is -0.339. The van der Waals surface area contributed by atoms with Crippen LogP contribution in [-0.2, 0) is 20.9 Å². The van der Waals surface area contributed by atoms with Gasteiger partial charge in [0, 0.05) is 13.0 Å². The van der Waals surface area contributed by atoms with Crippen LogP contribution in [0.15, 0.2) is 35.5 Å². The summed E-state index contributed by atoms with van der Waals surface area (Å²) in [4.78, 5) is 26.7. The van der Waals surface area contributed by atoms with Crippen LogP contribution >= 0.6 is 0 Å². The van der Waals surface area contributed by atoms with Gasteiger partial charge in [-0.1, -0.05) is 17.3 Å². The Morgan fingerprint density at radius 1 is 1.23 bits per heavy atom. The van der Waals surface area contributed by atoms with Gasteiger partial charge in [0.05, 0.1) is 25.5 Å². The molecule has 1 fully saturated rings. The summed E-state index contributed by atoms with van der Waals surface area (Å²) >= 11 is 0. The lowest BCUT2D eigenvalue weighted by Crippen LogP contribution is -2.43. The van der Waals surface area contributed by atoms with Crippen molar-refractivity contribution in [2.45, 2.75) is 38.2 Å². The highest BCUT2D eigenvalue weighted by atomic mass is 19.1. The first-order chi connectivity index (χ1) is 15.0. The highest BCUT2D eigenvalue weighted by Crippen LogP contribution is 2.23. The van der Waals surface area contributed by atoms with Crippen LogP contribution in [0, 0.1) is 12.7 Å². The minimum atomic E-state index is -0.397. The molecule has 4 rings (SSSR count). The molecular formula is C21H23FN4O5. The molecule has 1 aromatic heterocycles. The van der Waals surface area contributed by atoms with E-state index < -0.39 is 5.91 Å². The Kier molecular flexibility index (Phi) is 6.50. The van der Waals surface area contributed by atoms with E-state index in [4.69, 9.17) is 19.4 Å². The predicted octanol–water partition coefficient (Wildman–Crippen LogP) is 1.12. The zero-order valence-electron chi connectivity index (χ0n) is 17.0. The summed E-state index contributed by atoms with van der Waals surface area (Å²) in [7, 11) is 0. The lowest BCUT2D eigenvalue weighted by atomic mass is 10.0. The van der Waals surface area contributed by atoms with E-state index in [0.29, 0.717) is 42.4 Å². The number of nitrogens with zero attached hydrogens (tertiary/aromatic N) is 3. The Morgan fingerprint density at radius 2 is 2.10 bits per heavy atom. The highest BCUT2D eigenvalue weighted by Gasteiger charge is 2.35. The standard InChI is InChI=1S/C21H23FN4O5/c1-12-24-16(17-7-19(31-26-17)20-11-29-15(9-27)10-30-20)6-18(25-12)21(28)23-8-13-3-2-4-14(22)5-13/h2-6,15,19-20,27H,7-11H2,1H3,(H,23,28)/t15-,19+,20-/m1/s1. The van der Waals surface area contributed by atoms with Crippen molar-refractivity contribution in [2.24, 2.45) is 5.16 Å². The highest BCUT2D eigenvalue weighted by molar-refractivity contribution is 6.02. The maximum Gasteiger partial charge on any atom is 0.270 e. The minimum absolute atomic E-state index is 0.0930. The molecule has 31 heavy (non-hydrogen) atoms. The topological polar surface area (TPSA) is 115 Å². The monoisotopic (exact) mass is 430 g/mol. The van der Waals surface area contributed by atoms with Gasteiger partial charge in [0.2, 0.25) is 0 Å². The molecule has 9 nitrogen and oxygen atoms in total. The summed E-state index contributed by atoms with van der Waals surface area (Å²) in [6.07, 6.45) is -0.522. The number of nitrogens with one attached hydrogen (secondary N) is 1. The van der Waals surface area contributed by atoms with E-state index in [1.54, 1.807) is 25.1 Å². The van der Waals surface area contributed by atoms with Gasteiger partial charge in [0.25, 0.3) is 5.91 Å². The first-order valence-corrected chi connectivity index (χ1v) is 9.97. The number of rotatable bonds is 6. The second kappa shape index (κ2) is 9.46. The van der Waals surface area contributed by atoms with Crippen LogP contribution in [0.25, 0.3) is 0 Å². The van der Waals surface area contributed by atoms with Crippen LogP contribution in [-0.4, -0.2) is 64.8 Å². The number of carbonyl (C=O) groups is 1. The lowest BCUT2D eigenvalue weighted by molar-refractivity contribution is -0.178. The van der Waals surface area contributed by atoms with Crippen molar-refractivity contribution in [1.82, 2.24) is 15.3 Å². The molecule has 0 unspecified atom stereocenters. The van der Waals surface area contributed by atoms with Gasteiger partial charge >= 0.3 is 0 Å². The average molecular weight is 430 g/mol. The Morgan fingerprint density at radius 3 is 2.84 bits per heavy atom. The molecule has 0 spiro atoms. The SMILES string of the molecule is Cc1nc(C(=O)NCc2cccc(F)c2)cc(C2=NO[C@H]([C@H]3CO[C@H](CO)CO3)C2)n1. The van der Waals surface area contributed by atoms with Crippen molar-refractivity contribution in [1.29, 1.82) is 0 Å². The van der Waals surface area contributed by atoms with Crippen LogP contribution in [0.2, 0.25) is 0 Å². The number of aliphatic hydroxyl groups excluding tert-OH is 1. The molecule has 2 N–H and O–H groups in total. The number of aromatic nitrogens is 2. The first kappa shape index (κ1) is 21.3. The Bertz CT molecular complexity index is 978. The van der Waals surface area contributed by atoms with Gasteiger partial charge in [-0.2, -0.15) is 0 Å². The van der Waals surface area contributed by atoms with Gasteiger partial charge in [-0.15, -0.1) is 0 Å². The first-order valence-electron chi connectivity index (χ1n) is 9.97. The quantitative estimate of drug-likeness (QED) is 0.706. The number of hydrogen-bond donors (Lipinski definition) is 2. The molecule has 164 valence electrons. The van der Waals surface area contributed by atoms with Gasteiger partial charge in [0.1, 0.15) is 35.3 Å². The van der Waals surface area contributed by atoms with Crippen molar-refractivity contribution in [2.75, 3.05) is 19.8 Å². The molecule has 1 saturated heterocycles. The predicted molar refractivity (Wildman–Crippen MR) is 107 cm³/mol. The number of ether oxygens (including phenoxy) is 2. The maximum atomic E-state index is 13.3. The molecule has 2 aliphatic heterocycles. The Hall–Kier alpha value is -2.95. The van der Waals surface area contributed by atoms with Crippen molar-refractivity contribution >= 4 is 11.6 Å². The fourth-order valence-corrected chi connectivity index (χ4v) is 3.38. The second-order valence-electron chi connectivity index (χ2n) is 7.39. The van der Waals surface area contributed by atoms with Crippen molar-refractivity contribution < 1.29 is 28.6 Å². The zero-order chi connectivity index (χ0) is 21.8. The summed E-state index contributed by atoms with van der Waals surface area (Å²) in [5.41, 5.74) is 1.92. The molecule has 2 aliphatic rings. The van der Waals surface area contributed by atoms with Gasteiger partial charge in [0.15, 0.2) is 6.10 Å². The molecule has 1 aromatic carbocycles. The molecule has 0 bridgehead atoms. The molecule has 10 heteroatoms. The van der Waals surface area contributed by atoms with E-state index in [1.165, 1.54) is 12.1 Å². The van der Waals surface area contributed by atoms with Gasteiger partial charge in [-0.3, -0.25) is 4.79 Å². The number of benzene rings is 1. The smallest absolute Gasteiger partial charge is 0.270 e. The summed E-state index contributed by atoms with van der Waals surface area (Å²) in [6.45, 7) is 2.36. The summed E-state index contributed by atoms with van der Waals surface area (Å²) in [5, 5.41) is 16.0. The summed E-state index contributed by atoms with van der Waals surface area (Å²) < 4.78 is 24.5. The molecule has 2 aromatic rings. The van der Waals surface area contributed by atoms with Crippen LogP contribution in [0.5, 0.6) is 0 Å². The third kappa shape index (κ3) is 5.22. The number of amides is 1. The summed E-state index contributed by atoms with van der Waals surface area (Å²) in [6, 6.07) is 7.58. The molecule has 0 radical (unpaired) electrons. The minimum Gasteiger partial charge on any atom is -0.394 e. The molecule has 3 heterocycles. The molecule has 0 saturated carbocycles. The second-order valence-corrected chi connectivity index (χ2v) is 7.39.